The maximum absolute atomic E-state index is 14.3. The molecule has 0 unspecified atom stereocenters. The Balaban J connectivity index is 1.38. The molecule has 0 spiro atoms. The maximum Gasteiger partial charge on any atom is 0.407 e. The summed E-state index contributed by atoms with van der Waals surface area (Å²) >= 11 is 0. The van der Waals surface area contributed by atoms with Crippen LogP contribution in [0.3, 0.4) is 0 Å². The molecule has 7 heteroatoms. The normalized spacial score (nSPS) is 25.1. The van der Waals surface area contributed by atoms with Crippen LogP contribution in [0.2, 0.25) is 0 Å². The average Bonchev–Trinajstić information content (AvgIpc) is 3.09. The molecule has 7 nitrogen and oxygen atoms in total. The summed E-state index contributed by atoms with van der Waals surface area (Å²) in [6, 6.07) is 9.83. The Labute approximate surface area is 302 Å². The molecular formula is C43H67NO6. The van der Waals surface area contributed by atoms with E-state index >= 15 is 0 Å². The molecule has 50 heavy (non-hydrogen) atoms. The molecule has 3 aliphatic rings. The van der Waals surface area contributed by atoms with Gasteiger partial charge < -0.3 is 14.8 Å². The first-order valence-electron chi connectivity index (χ1n) is 20.2. The molecule has 0 heterocycles. The van der Waals surface area contributed by atoms with Crippen LogP contribution < -0.4 is 5.32 Å². The smallest absolute Gasteiger partial charge is 0.407 e. The van der Waals surface area contributed by atoms with E-state index in [-0.39, 0.29) is 59.3 Å². The molecule has 6 atom stereocenters. The second kappa shape index (κ2) is 19.2. The first-order valence-corrected chi connectivity index (χ1v) is 20.2. The molecule has 1 aromatic rings. The molecule has 1 N–H and O–H groups in total. The highest BCUT2D eigenvalue weighted by molar-refractivity contribution is 5.82. The van der Waals surface area contributed by atoms with Crippen molar-refractivity contribution in [3.05, 3.63) is 35.9 Å². The molecule has 1 aromatic carbocycles. The van der Waals surface area contributed by atoms with E-state index in [1.54, 1.807) is 0 Å². The molecule has 0 radical (unpaired) electrons. The highest BCUT2D eigenvalue weighted by atomic mass is 16.6. The van der Waals surface area contributed by atoms with Crippen molar-refractivity contribution in [3.63, 3.8) is 0 Å². The van der Waals surface area contributed by atoms with Gasteiger partial charge in [-0.3, -0.25) is 14.4 Å². The van der Waals surface area contributed by atoms with Gasteiger partial charge >= 0.3 is 12.1 Å². The van der Waals surface area contributed by atoms with E-state index in [9.17, 15) is 19.2 Å². The maximum atomic E-state index is 14.3. The van der Waals surface area contributed by atoms with E-state index in [0.29, 0.717) is 31.6 Å². The Morgan fingerprint density at radius 3 is 1.96 bits per heavy atom. The Morgan fingerprint density at radius 2 is 1.36 bits per heavy atom. The molecule has 3 fully saturated rings. The summed E-state index contributed by atoms with van der Waals surface area (Å²) in [5.41, 5.74) is 0.209. The summed E-state index contributed by atoms with van der Waals surface area (Å²) in [6.45, 7) is 10.6. The Kier molecular flexibility index (Phi) is 15.4. The average molecular weight is 694 g/mol. The number of carbonyl (C=O) groups excluding carboxylic acids is 4. The lowest BCUT2D eigenvalue weighted by atomic mass is 9.64. The van der Waals surface area contributed by atoms with Crippen LogP contribution in [-0.2, 0) is 30.5 Å². The van der Waals surface area contributed by atoms with Crippen molar-refractivity contribution in [2.45, 2.75) is 162 Å². The number of ether oxygens (including phenoxy) is 2. The number of hydrogen-bond donors (Lipinski definition) is 1. The number of hydrogen-bond acceptors (Lipinski definition) is 6. The molecule has 280 valence electrons. The standard InChI is InChI=1S/C43H67NO6/c1-6-35(39(46)27-33-21-13-15-23-38(33)36(7-2)40(47)49-29-31-18-10-8-11-19-31)37-22-14-12-20-32(37)26-34(45)28-43(24-16-9-17-25-43)30-44-41(48)50-42(3,4)5/h8,10-11,18-19,32-33,35-38H,6-7,9,12-17,20-30H2,1-5H3,(H,44,48)/t32-,33-,35+,36+,37-,38-/m0/s1. The summed E-state index contributed by atoms with van der Waals surface area (Å²) in [6.07, 6.45) is 16.2. The molecule has 3 saturated carbocycles. The Hall–Kier alpha value is -2.70. The van der Waals surface area contributed by atoms with Gasteiger partial charge in [0, 0.05) is 31.7 Å². The zero-order valence-electron chi connectivity index (χ0n) is 31.9. The molecule has 0 aliphatic heterocycles. The van der Waals surface area contributed by atoms with Crippen LogP contribution in [0, 0.1) is 40.9 Å². The van der Waals surface area contributed by atoms with Crippen LogP contribution in [0.1, 0.15) is 156 Å². The highest BCUT2D eigenvalue weighted by Crippen LogP contribution is 2.45. The highest BCUT2D eigenvalue weighted by Gasteiger charge is 2.42. The van der Waals surface area contributed by atoms with Crippen LogP contribution in [0.4, 0.5) is 4.79 Å². The number of amides is 1. The minimum atomic E-state index is -0.563. The summed E-state index contributed by atoms with van der Waals surface area (Å²) in [4.78, 5) is 54.1. The molecule has 0 aromatic heterocycles. The van der Waals surface area contributed by atoms with E-state index in [0.717, 1.165) is 95.5 Å². The number of Topliss-reactive ketones (excluding diaryl/α,β-unsaturated/α-hetero) is 2. The zero-order chi connectivity index (χ0) is 36.1. The van der Waals surface area contributed by atoms with Crippen molar-refractivity contribution in [3.8, 4) is 0 Å². The van der Waals surface area contributed by atoms with Gasteiger partial charge in [-0.1, -0.05) is 89.1 Å². The monoisotopic (exact) mass is 693 g/mol. The van der Waals surface area contributed by atoms with E-state index in [4.69, 9.17) is 9.47 Å². The van der Waals surface area contributed by atoms with Crippen LogP contribution in [0.15, 0.2) is 30.3 Å². The van der Waals surface area contributed by atoms with Crippen molar-refractivity contribution in [1.29, 1.82) is 0 Å². The summed E-state index contributed by atoms with van der Waals surface area (Å²) in [5.74, 6) is 1.09. The topological polar surface area (TPSA) is 98.8 Å². The predicted octanol–water partition coefficient (Wildman–Crippen LogP) is 10.2. The Bertz CT molecular complexity index is 1230. The first-order chi connectivity index (χ1) is 23.9. The van der Waals surface area contributed by atoms with Crippen LogP contribution in [0.25, 0.3) is 0 Å². The number of esters is 1. The van der Waals surface area contributed by atoms with Gasteiger partial charge in [0.15, 0.2) is 0 Å². The molecule has 1 amide bonds. The van der Waals surface area contributed by atoms with E-state index in [1.165, 1.54) is 6.42 Å². The second-order valence-electron chi connectivity index (χ2n) is 17.0. The van der Waals surface area contributed by atoms with E-state index < -0.39 is 11.7 Å². The van der Waals surface area contributed by atoms with Crippen molar-refractivity contribution in [2.24, 2.45) is 40.9 Å². The number of carbonyl (C=O) groups is 4. The first kappa shape index (κ1) is 40.1. The molecule has 4 rings (SSSR count). The van der Waals surface area contributed by atoms with E-state index in [1.807, 2.05) is 51.1 Å². The minimum absolute atomic E-state index is 0.0433. The van der Waals surface area contributed by atoms with Crippen LogP contribution in [-0.4, -0.2) is 35.8 Å². The molecular weight excluding hydrogens is 626 g/mol. The number of nitrogens with one attached hydrogen (secondary N) is 1. The fourth-order valence-electron chi connectivity index (χ4n) is 9.77. The lowest BCUT2D eigenvalue weighted by Gasteiger charge is -2.40. The van der Waals surface area contributed by atoms with Gasteiger partial charge in [-0.25, -0.2) is 4.79 Å². The van der Waals surface area contributed by atoms with Crippen molar-refractivity contribution >= 4 is 23.6 Å². The lowest BCUT2D eigenvalue weighted by molar-refractivity contribution is -0.154. The Morgan fingerprint density at radius 1 is 0.780 bits per heavy atom. The summed E-state index contributed by atoms with van der Waals surface area (Å²) in [5, 5.41) is 3.00. The SMILES string of the molecule is CC[C@@H](C(=O)C[C@@H]1CCCC[C@@H]1[C@@H](CC)C(=O)OCc1ccccc1)[C@H]1CCCC[C@H]1CC(=O)CC1(CNC(=O)OC(C)(C)C)CCCCC1. The van der Waals surface area contributed by atoms with Crippen molar-refractivity contribution < 1.29 is 28.7 Å². The van der Waals surface area contributed by atoms with Crippen LogP contribution >= 0.6 is 0 Å². The summed E-state index contributed by atoms with van der Waals surface area (Å²) in [7, 11) is 0. The number of ketones is 2. The quantitative estimate of drug-likeness (QED) is 0.173. The predicted molar refractivity (Wildman–Crippen MR) is 198 cm³/mol. The van der Waals surface area contributed by atoms with Crippen molar-refractivity contribution in [1.82, 2.24) is 5.32 Å². The number of benzene rings is 1. The number of rotatable bonds is 16. The molecule has 0 bridgehead atoms. The third-order valence-corrected chi connectivity index (χ3v) is 12.2. The lowest BCUT2D eigenvalue weighted by Crippen LogP contribution is -2.43. The number of alkyl carbamates (subject to hydrolysis) is 1. The van der Waals surface area contributed by atoms with Gasteiger partial charge in [0.05, 0.1) is 5.92 Å². The fourth-order valence-corrected chi connectivity index (χ4v) is 9.77. The van der Waals surface area contributed by atoms with Gasteiger partial charge in [-0.05, 0) is 107 Å². The molecule has 3 aliphatic carbocycles. The fraction of sp³-hybridized carbons (Fsp3) is 0.767. The third-order valence-electron chi connectivity index (χ3n) is 12.2. The largest absolute Gasteiger partial charge is 0.461 e. The van der Waals surface area contributed by atoms with Gasteiger partial charge in [-0.15, -0.1) is 0 Å². The minimum Gasteiger partial charge on any atom is -0.461 e. The van der Waals surface area contributed by atoms with Gasteiger partial charge in [0.1, 0.15) is 23.8 Å². The van der Waals surface area contributed by atoms with Gasteiger partial charge in [0.25, 0.3) is 0 Å². The van der Waals surface area contributed by atoms with Crippen LogP contribution in [0.5, 0.6) is 0 Å². The second-order valence-corrected chi connectivity index (χ2v) is 17.0. The van der Waals surface area contributed by atoms with Gasteiger partial charge in [-0.2, -0.15) is 0 Å². The zero-order valence-corrected chi connectivity index (χ0v) is 31.9. The van der Waals surface area contributed by atoms with E-state index in [2.05, 4.69) is 19.2 Å². The molecule has 0 saturated heterocycles. The van der Waals surface area contributed by atoms with Crippen molar-refractivity contribution in [2.75, 3.05) is 6.54 Å². The summed E-state index contributed by atoms with van der Waals surface area (Å²) < 4.78 is 11.3. The third kappa shape index (κ3) is 11.9. The van der Waals surface area contributed by atoms with Gasteiger partial charge in [0.2, 0.25) is 0 Å².